The Morgan fingerprint density at radius 1 is 1.39 bits per heavy atom. The number of carbonyl (C=O) groups is 1. The van der Waals surface area contributed by atoms with Gasteiger partial charge in [-0.1, -0.05) is 18.2 Å². The van der Waals surface area contributed by atoms with Crippen molar-refractivity contribution in [3.05, 3.63) is 53.5 Å². The smallest absolute Gasteiger partial charge is 0.341 e. The van der Waals surface area contributed by atoms with Crippen molar-refractivity contribution < 1.29 is 13.9 Å². The van der Waals surface area contributed by atoms with E-state index in [0.717, 1.165) is 31.2 Å². The lowest BCUT2D eigenvalue weighted by Crippen LogP contribution is -2.39. The highest BCUT2D eigenvalue weighted by Gasteiger charge is 2.25. The molecule has 1 N–H and O–H groups in total. The molecule has 0 bridgehead atoms. The third-order valence-corrected chi connectivity index (χ3v) is 6.06. The van der Waals surface area contributed by atoms with Crippen LogP contribution in [0.15, 0.2) is 50.7 Å². The van der Waals surface area contributed by atoms with Gasteiger partial charge in [-0.15, -0.1) is 11.8 Å². The molecule has 6 nitrogen and oxygen atoms in total. The SMILES string of the molecule is CN=C(NCc1cc(C(=O)OC)c(C)o1)N1CCC(CSc2ccccc2)C1. The van der Waals surface area contributed by atoms with Crippen molar-refractivity contribution in [1.29, 1.82) is 0 Å². The summed E-state index contributed by atoms with van der Waals surface area (Å²) in [7, 11) is 3.16. The van der Waals surface area contributed by atoms with Crippen LogP contribution < -0.4 is 5.32 Å². The van der Waals surface area contributed by atoms with Crippen LogP contribution in [0.3, 0.4) is 0 Å². The highest BCUT2D eigenvalue weighted by atomic mass is 32.2. The zero-order valence-electron chi connectivity index (χ0n) is 16.6. The molecule has 0 radical (unpaired) electrons. The zero-order valence-corrected chi connectivity index (χ0v) is 17.4. The number of nitrogens with zero attached hydrogens (tertiary/aromatic N) is 2. The van der Waals surface area contributed by atoms with Gasteiger partial charge in [0.1, 0.15) is 17.1 Å². The Morgan fingerprint density at radius 2 is 2.18 bits per heavy atom. The molecule has 0 aliphatic carbocycles. The summed E-state index contributed by atoms with van der Waals surface area (Å²) in [5, 5.41) is 3.34. The fourth-order valence-corrected chi connectivity index (χ4v) is 4.38. The molecule has 7 heteroatoms. The number of guanidine groups is 1. The molecule has 1 atom stereocenters. The Labute approximate surface area is 170 Å². The molecule has 150 valence electrons. The van der Waals surface area contributed by atoms with Gasteiger partial charge in [0, 0.05) is 30.8 Å². The number of furan rings is 1. The second kappa shape index (κ2) is 9.68. The second-order valence-corrected chi connectivity index (χ2v) is 7.89. The van der Waals surface area contributed by atoms with E-state index in [2.05, 4.69) is 39.5 Å². The minimum atomic E-state index is -0.379. The lowest BCUT2D eigenvalue weighted by atomic mass is 10.2. The first kappa shape index (κ1) is 20.3. The van der Waals surface area contributed by atoms with E-state index < -0.39 is 0 Å². The average molecular weight is 402 g/mol. The molecular formula is C21H27N3O3S. The van der Waals surface area contributed by atoms with Gasteiger partial charge in [0.05, 0.1) is 13.7 Å². The van der Waals surface area contributed by atoms with Crippen molar-refractivity contribution in [3.63, 3.8) is 0 Å². The molecule has 2 aromatic rings. The van der Waals surface area contributed by atoms with E-state index in [-0.39, 0.29) is 5.97 Å². The number of methoxy groups -OCH3 is 1. The Balaban J connectivity index is 1.50. The number of hydrogen-bond acceptors (Lipinski definition) is 5. The van der Waals surface area contributed by atoms with Crippen LogP contribution in [-0.4, -0.2) is 49.8 Å². The molecular weight excluding hydrogens is 374 g/mol. The van der Waals surface area contributed by atoms with Crippen LogP contribution in [0.5, 0.6) is 0 Å². The fourth-order valence-electron chi connectivity index (χ4n) is 3.33. The molecule has 1 unspecified atom stereocenters. The van der Waals surface area contributed by atoms with Crippen LogP contribution in [0.1, 0.15) is 28.3 Å². The van der Waals surface area contributed by atoms with E-state index in [9.17, 15) is 4.79 Å². The normalized spacial score (nSPS) is 17.0. The van der Waals surface area contributed by atoms with Crippen LogP contribution in [0.2, 0.25) is 0 Å². The number of thioether (sulfide) groups is 1. The number of ether oxygens (including phenoxy) is 1. The molecule has 0 spiro atoms. The highest BCUT2D eigenvalue weighted by Crippen LogP contribution is 2.26. The van der Waals surface area contributed by atoms with Gasteiger partial charge in [0.2, 0.25) is 0 Å². The first-order valence-electron chi connectivity index (χ1n) is 9.41. The van der Waals surface area contributed by atoms with Crippen molar-refractivity contribution in [3.8, 4) is 0 Å². The van der Waals surface area contributed by atoms with Gasteiger partial charge < -0.3 is 19.4 Å². The van der Waals surface area contributed by atoms with Crippen LogP contribution >= 0.6 is 11.8 Å². The van der Waals surface area contributed by atoms with Crippen molar-refractivity contribution >= 4 is 23.7 Å². The van der Waals surface area contributed by atoms with Gasteiger partial charge in [-0.3, -0.25) is 4.99 Å². The predicted octanol–water partition coefficient (Wildman–Crippen LogP) is 3.56. The van der Waals surface area contributed by atoms with E-state index in [1.165, 1.54) is 12.0 Å². The number of rotatable bonds is 6. The largest absolute Gasteiger partial charge is 0.465 e. The maximum absolute atomic E-state index is 11.7. The van der Waals surface area contributed by atoms with Gasteiger partial charge in [0.25, 0.3) is 0 Å². The number of nitrogens with one attached hydrogen (secondary N) is 1. The van der Waals surface area contributed by atoms with E-state index in [0.29, 0.717) is 29.5 Å². The second-order valence-electron chi connectivity index (χ2n) is 6.80. The zero-order chi connectivity index (χ0) is 19.9. The number of aliphatic imine (C=N–C) groups is 1. The molecule has 1 saturated heterocycles. The van der Waals surface area contributed by atoms with Crippen LogP contribution in [-0.2, 0) is 11.3 Å². The molecule has 28 heavy (non-hydrogen) atoms. The summed E-state index contributed by atoms with van der Waals surface area (Å²) in [6.07, 6.45) is 1.16. The maximum atomic E-state index is 11.7. The average Bonchev–Trinajstić information content (AvgIpc) is 3.34. The lowest BCUT2D eigenvalue weighted by Gasteiger charge is -2.21. The molecule has 1 aromatic heterocycles. The first-order chi connectivity index (χ1) is 13.6. The quantitative estimate of drug-likeness (QED) is 0.345. The number of carbonyl (C=O) groups excluding carboxylic acids is 1. The third kappa shape index (κ3) is 5.10. The molecule has 2 heterocycles. The molecule has 1 aliphatic heterocycles. The molecule has 0 saturated carbocycles. The summed E-state index contributed by atoms with van der Waals surface area (Å²) >= 11 is 1.91. The van der Waals surface area contributed by atoms with E-state index in [4.69, 9.17) is 9.15 Å². The molecule has 1 fully saturated rings. The van der Waals surface area contributed by atoms with Crippen molar-refractivity contribution in [1.82, 2.24) is 10.2 Å². The Morgan fingerprint density at radius 3 is 2.89 bits per heavy atom. The monoisotopic (exact) mass is 401 g/mol. The number of aryl methyl sites for hydroxylation is 1. The topological polar surface area (TPSA) is 67.1 Å². The number of likely N-dealkylation sites (tertiary alicyclic amines) is 1. The molecule has 0 amide bonds. The summed E-state index contributed by atoms with van der Waals surface area (Å²) in [4.78, 5) is 19.7. The predicted molar refractivity (Wildman–Crippen MR) is 112 cm³/mol. The summed E-state index contributed by atoms with van der Waals surface area (Å²) in [5.74, 6) is 3.49. The summed E-state index contributed by atoms with van der Waals surface area (Å²) in [6.45, 7) is 4.22. The number of esters is 1. The van der Waals surface area contributed by atoms with Crippen molar-refractivity contribution in [2.75, 3.05) is 33.0 Å². The summed E-state index contributed by atoms with van der Waals surface area (Å²) < 4.78 is 10.4. The molecule has 1 aromatic carbocycles. The van der Waals surface area contributed by atoms with Gasteiger partial charge in [-0.2, -0.15) is 0 Å². The fraction of sp³-hybridized carbons (Fsp3) is 0.429. The minimum absolute atomic E-state index is 0.379. The lowest BCUT2D eigenvalue weighted by molar-refractivity contribution is 0.0599. The van der Waals surface area contributed by atoms with Crippen molar-refractivity contribution in [2.45, 2.75) is 24.8 Å². The van der Waals surface area contributed by atoms with Gasteiger partial charge in [0.15, 0.2) is 5.96 Å². The van der Waals surface area contributed by atoms with Crippen LogP contribution in [0.4, 0.5) is 0 Å². The Kier molecular flexibility index (Phi) is 7.03. The van der Waals surface area contributed by atoms with Gasteiger partial charge in [-0.05, 0) is 37.5 Å². The van der Waals surface area contributed by atoms with Gasteiger partial charge in [-0.25, -0.2) is 4.79 Å². The number of benzene rings is 1. The highest BCUT2D eigenvalue weighted by molar-refractivity contribution is 7.99. The summed E-state index contributed by atoms with van der Waals surface area (Å²) in [5.41, 5.74) is 0.466. The molecule has 1 aliphatic rings. The minimum Gasteiger partial charge on any atom is -0.465 e. The van der Waals surface area contributed by atoms with Crippen molar-refractivity contribution in [2.24, 2.45) is 10.9 Å². The van der Waals surface area contributed by atoms with Crippen LogP contribution in [0.25, 0.3) is 0 Å². The van der Waals surface area contributed by atoms with E-state index in [1.807, 2.05) is 17.8 Å². The number of hydrogen-bond donors (Lipinski definition) is 1. The standard InChI is InChI=1S/C21H27N3O3S/c1-15-19(20(25)26-3)11-17(27-15)12-23-21(22-2)24-10-9-16(13-24)14-28-18-7-5-4-6-8-18/h4-8,11,16H,9-10,12-14H2,1-3H3,(H,22,23). The third-order valence-electron chi connectivity index (χ3n) is 4.82. The van der Waals surface area contributed by atoms with Crippen LogP contribution in [0, 0.1) is 12.8 Å². The first-order valence-corrected chi connectivity index (χ1v) is 10.4. The Bertz CT molecular complexity index is 820. The van der Waals surface area contributed by atoms with E-state index in [1.54, 1.807) is 20.0 Å². The summed E-state index contributed by atoms with van der Waals surface area (Å²) in [6, 6.07) is 12.3. The maximum Gasteiger partial charge on any atom is 0.341 e. The Hall–Kier alpha value is -2.41. The van der Waals surface area contributed by atoms with Gasteiger partial charge >= 0.3 is 5.97 Å². The van der Waals surface area contributed by atoms with E-state index >= 15 is 0 Å². The molecule has 3 rings (SSSR count).